The van der Waals surface area contributed by atoms with Crippen LogP contribution in [0.3, 0.4) is 0 Å². The average molecular weight is 425 g/mol. The fourth-order valence-electron chi connectivity index (χ4n) is 1.51. The lowest BCUT2D eigenvalue weighted by atomic mass is 10.2. The van der Waals surface area contributed by atoms with E-state index in [0.29, 0.717) is 5.69 Å². The minimum Gasteiger partial charge on any atom is -0.318 e. The Kier molecular flexibility index (Phi) is 5.85. The van der Waals surface area contributed by atoms with Crippen LogP contribution in [0.5, 0.6) is 0 Å². The van der Waals surface area contributed by atoms with Crippen LogP contribution in [-0.2, 0) is 9.59 Å². The number of hydrogen-bond acceptors (Lipinski definition) is 3. The van der Waals surface area contributed by atoms with Crippen LogP contribution in [0.2, 0.25) is 0 Å². The van der Waals surface area contributed by atoms with Gasteiger partial charge in [0.2, 0.25) is 0 Å². The summed E-state index contributed by atoms with van der Waals surface area (Å²) < 4.78 is 1.72. The third kappa shape index (κ3) is 4.78. The van der Waals surface area contributed by atoms with E-state index >= 15 is 0 Å². The molecule has 0 atom stereocenters. The van der Waals surface area contributed by atoms with Gasteiger partial charge in [-0.25, -0.2) is 5.43 Å². The number of rotatable bonds is 3. The van der Waals surface area contributed by atoms with Crippen molar-refractivity contribution >= 4 is 55.6 Å². The molecule has 0 aliphatic carbocycles. The van der Waals surface area contributed by atoms with Gasteiger partial charge in [-0.1, -0.05) is 50.1 Å². The van der Waals surface area contributed by atoms with Gasteiger partial charge in [0.1, 0.15) is 0 Å². The molecule has 22 heavy (non-hydrogen) atoms. The third-order valence-electron chi connectivity index (χ3n) is 2.58. The highest BCUT2D eigenvalue weighted by molar-refractivity contribution is 9.10. The summed E-state index contributed by atoms with van der Waals surface area (Å²) in [5.41, 5.74) is 3.49. The molecule has 112 valence electrons. The van der Waals surface area contributed by atoms with Crippen LogP contribution < -0.4 is 10.7 Å². The fourth-order valence-corrected chi connectivity index (χ4v) is 2.16. The van der Waals surface area contributed by atoms with Crippen LogP contribution in [0.15, 0.2) is 62.6 Å². The van der Waals surface area contributed by atoms with Crippen LogP contribution in [0.1, 0.15) is 5.56 Å². The van der Waals surface area contributed by atoms with Crippen molar-refractivity contribution in [2.24, 2.45) is 5.10 Å². The minimum atomic E-state index is -0.841. The summed E-state index contributed by atoms with van der Waals surface area (Å²) in [6.45, 7) is 0. The van der Waals surface area contributed by atoms with Gasteiger partial charge in [0.15, 0.2) is 0 Å². The number of halogens is 2. The minimum absolute atomic E-state index is 0.526. The molecule has 2 aromatic rings. The molecule has 0 aromatic heterocycles. The number of nitrogens with zero attached hydrogens (tertiary/aromatic N) is 1. The van der Waals surface area contributed by atoms with E-state index in [1.165, 1.54) is 6.21 Å². The van der Waals surface area contributed by atoms with E-state index in [2.05, 4.69) is 47.7 Å². The molecule has 0 fully saturated rings. The number of anilines is 1. The Bertz CT molecular complexity index is 715. The van der Waals surface area contributed by atoms with Crippen LogP contribution in [0, 0.1) is 0 Å². The van der Waals surface area contributed by atoms with Gasteiger partial charge >= 0.3 is 11.8 Å². The Morgan fingerprint density at radius 1 is 0.955 bits per heavy atom. The van der Waals surface area contributed by atoms with Gasteiger partial charge in [-0.15, -0.1) is 0 Å². The second kappa shape index (κ2) is 7.86. The topological polar surface area (TPSA) is 70.6 Å². The van der Waals surface area contributed by atoms with E-state index in [0.717, 1.165) is 14.5 Å². The van der Waals surface area contributed by atoms with Crippen molar-refractivity contribution in [1.29, 1.82) is 0 Å². The molecule has 7 heteroatoms. The molecule has 0 saturated heterocycles. The number of nitrogens with one attached hydrogen (secondary N) is 2. The Balaban J connectivity index is 1.90. The van der Waals surface area contributed by atoms with Crippen molar-refractivity contribution < 1.29 is 9.59 Å². The normalized spacial score (nSPS) is 10.5. The van der Waals surface area contributed by atoms with Gasteiger partial charge in [-0.3, -0.25) is 9.59 Å². The van der Waals surface area contributed by atoms with Crippen molar-refractivity contribution in [2.75, 3.05) is 5.32 Å². The molecule has 2 N–H and O–H groups in total. The van der Waals surface area contributed by atoms with Crippen molar-refractivity contribution in [3.63, 3.8) is 0 Å². The molecule has 0 unspecified atom stereocenters. The summed E-state index contributed by atoms with van der Waals surface area (Å²) in [4.78, 5) is 23.3. The lowest BCUT2D eigenvalue weighted by Gasteiger charge is -2.03. The number of carbonyl (C=O) groups excluding carboxylic acids is 2. The third-order valence-corrected chi connectivity index (χ3v) is 3.83. The van der Waals surface area contributed by atoms with Gasteiger partial charge in [0.05, 0.1) is 6.21 Å². The Hall–Kier alpha value is -1.99. The Morgan fingerprint density at radius 2 is 1.64 bits per heavy atom. The standard InChI is InChI=1S/C15H11Br2N3O2/c16-11-5-7-12(8-6-11)19-14(21)15(22)20-18-9-10-3-1-2-4-13(10)17/h1-9H,(H,19,21)(H,20,22)/b18-9+. The first kappa shape index (κ1) is 16.4. The maximum absolute atomic E-state index is 11.7. The van der Waals surface area contributed by atoms with Crippen LogP contribution in [0.25, 0.3) is 0 Å². The van der Waals surface area contributed by atoms with Gasteiger partial charge in [-0.05, 0) is 30.3 Å². The molecule has 0 radical (unpaired) electrons. The van der Waals surface area contributed by atoms with Crippen LogP contribution in [-0.4, -0.2) is 18.0 Å². The quantitative estimate of drug-likeness (QED) is 0.450. The molecular formula is C15H11Br2N3O2. The average Bonchev–Trinajstić information content (AvgIpc) is 2.51. The van der Waals surface area contributed by atoms with E-state index in [4.69, 9.17) is 0 Å². The lowest BCUT2D eigenvalue weighted by Crippen LogP contribution is -2.32. The molecular weight excluding hydrogens is 414 g/mol. The number of amides is 2. The highest BCUT2D eigenvalue weighted by Gasteiger charge is 2.12. The molecule has 0 bridgehead atoms. The highest BCUT2D eigenvalue weighted by atomic mass is 79.9. The SMILES string of the molecule is O=C(N/N=C/c1ccccc1Br)C(=O)Nc1ccc(Br)cc1. The van der Waals surface area contributed by atoms with Crippen molar-refractivity contribution in [1.82, 2.24) is 5.43 Å². The molecule has 0 spiro atoms. The predicted molar refractivity (Wildman–Crippen MR) is 92.7 cm³/mol. The fraction of sp³-hybridized carbons (Fsp3) is 0. The summed E-state index contributed by atoms with van der Waals surface area (Å²) in [6.07, 6.45) is 1.45. The number of hydrogen-bond donors (Lipinski definition) is 2. The zero-order valence-electron chi connectivity index (χ0n) is 11.2. The molecule has 2 rings (SSSR count). The van der Waals surface area contributed by atoms with Crippen molar-refractivity contribution in [2.45, 2.75) is 0 Å². The maximum atomic E-state index is 11.7. The second-order valence-electron chi connectivity index (χ2n) is 4.18. The first-order chi connectivity index (χ1) is 10.6. The molecule has 0 aliphatic rings. The molecule has 0 heterocycles. The van der Waals surface area contributed by atoms with Crippen molar-refractivity contribution in [3.8, 4) is 0 Å². The Labute approximate surface area is 144 Å². The zero-order valence-corrected chi connectivity index (χ0v) is 14.4. The number of carbonyl (C=O) groups is 2. The summed E-state index contributed by atoms with van der Waals surface area (Å²) >= 11 is 6.64. The van der Waals surface area contributed by atoms with Gasteiger partial charge in [0, 0.05) is 20.2 Å². The molecule has 0 saturated carbocycles. The summed E-state index contributed by atoms with van der Waals surface area (Å²) in [5.74, 6) is -1.63. The zero-order chi connectivity index (χ0) is 15.9. The molecule has 5 nitrogen and oxygen atoms in total. The van der Waals surface area contributed by atoms with E-state index in [-0.39, 0.29) is 0 Å². The molecule has 2 amide bonds. The van der Waals surface area contributed by atoms with Gasteiger partial charge < -0.3 is 5.32 Å². The summed E-state index contributed by atoms with van der Waals surface area (Å²) in [7, 11) is 0. The number of benzene rings is 2. The predicted octanol–water partition coefficient (Wildman–Crippen LogP) is 3.30. The van der Waals surface area contributed by atoms with Crippen molar-refractivity contribution in [3.05, 3.63) is 63.0 Å². The number of hydrazone groups is 1. The van der Waals surface area contributed by atoms with Crippen LogP contribution >= 0.6 is 31.9 Å². The van der Waals surface area contributed by atoms with E-state index in [9.17, 15) is 9.59 Å². The first-order valence-corrected chi connectivity index (χ1v) is 7.79. The summed E-state index contributed by atoms with van der Waals surface area (Å²) in [6, 6.07) is 14.3. The summed E-state index contributed by atoms with van der Waals surface area (Å²) in [5, 5.41) is 6.23. The smallest absolute Gasteiger partial charge is 0.318 e. The van der Waals surface area contributed by atoms with E-state index in [1.807, 2.05) is 24.3 Å². The Morgan fingerprint density at radius 3 is 2.32 bits per heavy atom. The lowest BCUT2D eigenvalue weighted by molar-refractivity contribution is -0.136. The first-order valence-electron chi connectivity index (χ1n) is 6.21. The second-order valence-corrected chi connectivity index (χ2v) is 5.95. The van der Waals surface area contributed by atoms with E-state index in [1.54, 1.807) is 24.3 Å². The highest BCUT2D eigenvalue weighted by Crippen LogP contribution is 2.14. The van der Waals surface area contributed by atoms with E-state index < -0.39 is 11.8 Å². The maximum Gasteiger partial charge on any atom is 0.329 e. The molecule has 0 aliphatic heterocycles. The largest absolute Gasteiger partial charge is 0.329 e. The van der Waals surface area contributed by atoms with Crippen LogP contribution in [0.4, 0.5) is 5.69 Å². The molecule has 2 aromatic carbocycles. The van der Waals surface area contributed by atoms with Gasteiger partial charge in [0.25, 0.3) is 0 Å². The monoisotopic (exact) mass is 423 g/mol. The van der Waals surface area contributed by atoms with Gasteiger partial charge in [-0.2, -0.15) is 5.10 Å².